The number of benzene rings is 1. The van der Waals surface area contributed by atoms with Gasteiger partial charge in [0.05, 0.1) is 5.48 Å². The molecule has 0 radical (unpaired) electrons. The van der Waals surface area contributed by atoms with Gasteiger partial charge in [0.25, 0.3) is 0 Å². The van der Waals surface area contributed by atoms with Crippen LogP contribution in [0, 0.1) is 0 Å². The van der Waals surface area contributed by atoms with Gasteiger partial charge >= 0.3 is 0 Å². The lowest BCUT2D eigenvalue weighted by molar-refractivity contribution is 0.534. The molecule has 0 atom stereocenters. The van der Waals surface area contributed by atoms with Crippen molar-refractivity contribution in [3.05, 3.63) is 29.2 Å². The molecule has 1 aromatic rings. The van der Waals surface area contributed by atoms with E-state index in [2.05, 4.69) is 9.98 Å². The van der Waals surface area contributed by atoms with Gasteiger partial charge < -0.3 is 11.5 Å². The summed E-state index contributed by atoms with van der Waals surface area (Å²) in [4.78, 5) is 9.25. The first-order valence-corrected chi connectivity index (χ1v) is 5.21. The Kier molecular flexibility index (Phi) is 2.65. The van der Waals surface area contributed by atoms with Crippen LogP contribution in [0.5, 0.6) is 0 Å². The third kappa shape index (κ3) is 2.68. The van der Waals surface area contributed by atoms with Crippen molar-refractivity contribution in [1.82, 2.24) is 0 Å². The topological polar surface area (TPSA) is 80.0 Å². The quantitative estimate of drug-likeness (QED) is 0.830. The summed E-state index contributed by atoms with van der Waals surface area (Å²) in [5, 5.41) is -0.248. The summed E-state index contributed by atoms with van der Waals surface area (Å²) in [6.45, 7) is 3.34. The van der Waals surface area contributed by atoms with Crippen molar-refractivity contribution >= 4 is 41.6 Å². The minimum absolute atomic E-state index is 0. The van der Waals surface area contributed by atoms with E-state index < -0.39 is 5.66 Å². The maximum absolute atomic E-state index is 8.02. The number of rotatable bonds is 1. The molecule has 0 amide bonds. The van der Waals surface area contributed by atoms with Crippen LogP contribution < -0.4 is 16.4 Å². The Labute approximate surface area is 123 Å². The Bertz CT molecular complexity index is 661. The zero-order valence-electron chi connectivity index (χ0n) is 13.8. The number of guanidine groups is 2. The molecule has 0 unspecified atom stereocenters. The van der Waals surface area contributed by atoms with Crippen molar-refractivity contribution in [2.75, 3.05) is 4.90 Å². The summed E-state index contributed by atoms with van der Waals surface area (Å²) >= 11 is 5.79. The molecule has 0 aromatic heterocycles. The van der Waals surface area contributed by atoms with Crippen LogP contribution in [0.4, 0.5) is 5.69 Å². The van der Waals surface area contributed by atoms with E-state index in [1.54, 1.807) is 13.8 Å². The molecule has 1 aliphatic heterocycles. The first-order valence-electron chi connectivity index (χ1n) is 6.83. The van der Waals surface area contributed by atoms with E-state index in [1.165, 1.54) is 4.90 Å². The minimum atomic E-state index is -1.01. The van der Waals surface area contributed by atoms with Crippen LogP contribution in [0.15, 0.2) is 34.2 Å². The van der Waals surface area contributed by atoms with E-state index in [9.17, 15) is 0 Å². The van der Waals surface area contributed by atoms with Gasteiger partial charge in [0, 0.05) is 10.7 Å². The number of nitrogens with two attached hydrogens (primary N) is 2. The molecule has 2 rings (SSSR count). The molecule has 5 nitrogen and oxygen atoms in total. The van der Waals surface area contributed by atoms with Crippen LogP contribution in [-0.4, -0.2) is 17.6 Å². The van der Waals surface area contributed by atoms with Crippen molar-refractivity contribution in [2.24, 2.45) is 21.5 Å². The SMILES string of the molecule is Cl.[2H]c1c([2H])c(N2C(N)=NC(N)=NC2(C)C)c([2H])c([2H])c1Cl. The normalized spacial score (nSPS) is 20.7. The Morgan fingerprint density at radius 3 is 2.33 bits per heavy atom. The Morgan fingerprint density at radius 1 is 1.28 bits per heavy atom. The van der Waals surface area contributed by atoms with Crippen molar-refractivity contribution in [3.63, 3.8) is 0 Å². The molecule has 0 saturated heterocycles. The summed E-state index contributed by atoms with van der Waals surface area (Å²) in [5.74, 6) is -0.0754. The molecule has 1 aliphatic rings. The van der Waals surface area contributed by atoms with Crippen molar-refractivity contribution in [3.8, 4) is 0 Å². The third-order valence-corrected chi connectivity index (χ3v) is 2.39. The van der Waals surface area contributed by atoms with Gasteiger partial charge in [-0.3, -0.25) is 4.90 Å². The van der Waals surface area contributed by atoms with Gasteiger partial charge in [0.15, 0.2) is 0 Å². The smallest absolute Gasteiger partial charge is 0.220 e. The fourth-order valence-electron chi connectivity index (χ4n) is 1.59. The molecule has 7 heteroatoms. The molecule has 1 heterocycles. The number of nitrogens with zero attached hydrogens (tertiary/aromatic N) is 3. The summed E-state index contributed by atoms with van der Waals surface area (Å²) in [6, 6.07) is -1.33. The lowest BCUT2D eigenvalue weighted by Crippen LogP contribution is -2.54. The Hall–Kier alpha value is -1.46. The number of hydrogen-bond acceptors (Lipinski definition) is 5. The summed E-state index contributed by atoms with van der Waals surface area (Å²) in [5.41, 5.74) is 10.4. The first kappa shape index (κ1) is 9.47. The number of aliphatic imine (C=N–C) groups is 2. The van der Waals surface area contributed by atoms with Gasteiger partial charge in [0.1, 0.15) is 5.66 Å². The van der Waals surface area contributed by atoms with Crippen LogP contribution in [0.2, 0.25) is 5.02 Å². The zero-order valence-corrected chi connectivity index (χ0v) is 11.4. The average Bonchev–Trinajstić information content (AvgIpc) is 2.36. The molecular formula is C11H15Cl2N5. The highest BCUT2D eigenvalue weighted by Crippen LogP contribution is 2.28. The largest absolute Gasteiger partial charge is 0.369 e. The highest BCUT2D eigenvalue weighted by atomic mass is 35.5. The first-order chi connectivity index (χ1) is 9.58. The second-order valence-corrected chi connectivity index (χ2v) is 4.31. The average molecular weight is 292 g/mol. The standard InChI is InChI=1S/C11H14ClN5.ClH/c1-11(2)16-9(13)15-10(14)17(11)8-5-3-7(12)4-6-8;/h3-6H,1-2H3,(H4,13,14,15,16);1H/i3D,4D,5D,6D;. The molecule has 0 fully saturated rings. The van der Waals surface area contributed by atoms with Crippen molar-refractivity contribution in [1.29, 1.82) is 0 Å². The van der Waals surface area contributed by atoms with Crippen LogP contribution in [0.3, 0.4) is 0 Å². The highest BCUT2D eigenvalue weighted by Gasteiger charge is 2.32. The molecule has 0 spiro atoms. The van der Waals surface area contributed by atoms with Gasteiger partial charge in [-0.25, -0.2) is 4.99 Å². The fraction of sp³-hybridized carbons (Fsp3) is 0.273. The van der Waals surface area contributed by atoms with E-state index in [0.717, 1.165) is 0 Å². The summed E-state index contributed by atoms with van der Waals surface area (Å²) < 4.78 is 31.6. The van der Waals surface area contributed by atoms with E-state index in [-0.39, 0.29) is 59.2 Å². The molecular weight excluding hydrogens is 273 g/mol. The number of hydrogen-bond donors (Lipinski definition) is 2. The fourth-order valence-corrected chi connectivity index (χ4v) is 1.69. The highest BCUT2D eigenvalue weighted by molar-refractivity contribution is 6.30. The van der Waals surface area contributed by atoms with Gasteiger partial charge in [-0.1, -0.05) is 11.6 Å². The van der Waals surface area contributed by atoms with E-state index in [1.807, 2.05) is 0 Å². The van der Waals surface area contributed by atoms with Crippen molar-refractivity contribution < 1.29 is 5.48 Å². The molecule has 0 saturated carbocycles. The van der Waals surface area contributed by atoms with Gasteiger partial charge in [-0.2, -0.15) is 4.99 Å². The van der Waals surface area contributed by atoms with Gasteiger partial charge in [-0.15, -0.1) is 12.4 Å². The van der Waals surface area contributed by atoms with Crippen molar-refractivity contribution in [2.45, 2.75) is 19.5 Å². The maximum Gasteiger partial charge on any atom is 0.220 e. The molecule has 1 aromatic carbocycles. The van der Waals surface area contributed by atoms with Crippen LogP contribution in [-0.2, 0) is 0 Å². The van der Waals surface area contributed by atoms with Crippen LogP contribution >= 0.6 is 24.0 Å². The lowest BCUT2D eigenvalue weighted by atomic mass is 10.1. The second-order valence-electron chi connectivity index (χ2n) is 3.93. The molecule has 18 heavy (non-hydrogen) atoms. The zero-order chi connectivity index (χ0) is 16.1. The van der Waals surface area contributed by atoms with E-state index in [4.69, 9.17) is 28.6 Å². The molecule has 98 valence electrons. The summed E-state index contributed by atoms with van der Waals surface area (Å²) in [6.07, 6.45) is 0. The second kappa shape index (κ2) is 5.04. The lowest BCUT2D eigenvalue weighted by Gasteiger charge is -2.38. The predicted octanol–water partition coefficient (Wildman–Crippen LogP) is 1.95. The molecule has 0 bridgehead atoms. The molecule has 0 aliphatic carbocycles. The Balaban J connectivity index is 0.00000242. The maximum atomic E-state index is 8.02. The molecule has 4 N–H and O–H groups in total. The number of halogens is 2. The van der Waals surface area contributed by atoms with Gasteiger partial charge in [-0.05, 0) is 38.0 Å². The van der Waals surface area contributed by atoms with Crippen LogP contribution in [0.25, 0.3) is 0 Å². The third-order valence-electron chi connectivity index (χ3n) is 2.20. The van der Waals surface area contributed by atoms with E-state index in [0.29, 0.717) is 0 Å². The van der Waals surface area contributed by atoms with Gasteiger partial charge in [0.2, 0.25) is 11.9 Å². The summed E-state index contributed by atoms with van der Waals surface area (Å²) in [7, 11) is 0. The minimum Gasteiger partial charge on any atom is -0.369 e. The Morgan fingerprint density at radius 2 is 1.83 bits per heavy atom. The monoisotopic (exact) mass is 291 g/mol. The number of anilines is 1. The van der Waals surface area contributed by atoms with E-state index >= 15 is 0 Å². The predicted molar refractivity (Wildman–Crippen MR) is 78.5 cm³/mol. The van der Waals surface area contributed by atoms with Crippen LogP contribution in [0.1, 0.15) is 19.3 Å².